The molecule has 2 fully saturated rings. The minimum atomic E-state index is -3.29. The standard InChI is InChI=1S/C20H21FN2O4S2/c21-18-12-22-20(28-18)23-19(24)17(11-13-7-9-27-10-8-13)14-1-3-15(4-2-14)29(25,26)16-5-6-16/h1-4,11-13,16H,5-10H2,(H,22,23,24). The van der Waals surface area contributed by atoms with E-state index in [1.54, 1.807) is 24.3 Å². The van der Waals surface area contributed by atoms with Crippen molar-refractivity contribution < 1.29 is 22.3 Å². The topological polar surface area (TPSA) is 85.4 Å². The van der Waals surface area contributed by atoms with Crippen LogP contribution in [0.4, 0.5) is 9.52 Å². The molecule has 0 unspecified atom stereocenters. The van der Waals surface area contributed by atoms with Crippen LogP contribution in [-0.2, 0) is 19.4 Å². The van der Waals surface area contributed by atoms with Gasteiger partial charge in [-0.05, 0) is 49.3 Å². The summed E-state index contributed by atoms with van der Waals surface area (Å²) in [7, 11) is -3.29. The zero-order valence-electron chi connectivity index (χ0n) is 15.6. The number of aromatic nitrogens is 1. The van der Waals surface area contributed by atoms with Crippen LogP contribution in [0.25, 0.3) is 5.57 Å². The number of thiazole rings is 1. The predicted octanol–water partition coefficient (Wildman–Crippen LogP) is 3.67. The number of amides is 1. The minimum absolute atomic E-state index is 0.174. The van der Waals surface area contributed by atoms with Crippen LogP contribution in [0.15, 0.2) is 41.4 Å². The number of sulfone groups is 1. The van der Waals surface area contributed by atoms with E-state index in [1.807, 2.05) is 6.08 Å². The number of halogens is 1. The molecule has 1 aromatic heterocycles. The Hall–Kier alpha value is -2.10. The maximum atomic E-state index is 13.2. The fourth-order valence-electron chi connectivity index (χ4n) is 3.29. The fraction of sp³-hybridized carbons (Fsp3) is 0.400. The van der Waals surface area contributed by atoms with Gasteiger partial charge in [0.1, 0.15) is 0 Å². The summed E-state index contributed by atoms with van der Waals surface area (Å²) in [5, 5.41) is 2.05. The number of carbonyl (C=O) groups excluding carboxylic acids is 1. The number of anilines is 1. The molecule has 0 bridgehead atoms. The SMILES string of the molecule is O=C(Nc1ncc(F)s1)C(=CC1CCOCC1)c1ccc(S(=O)(=O)C2CC2)cc1. The van der Waals surface area contributed by atoms with Crippen LogP contribution in [0.3, 0.4) is 0 Å². The summed E-state index contributed by atoms with van der Waals surface area (Å²) in [4.78, 5) is 17.0. The second-order valence-electron chi connectivity index (χ2n) is 7.22. The molecule has 9 heteroatoms. The van der Waals surface area contributed by atoms with E-state index >= 15 is 0 Å². The lowest BCUT2D eigenvalue weighted by Crippen LogP contribution is -2.18. The van der Waals surface area contributed by atoms with E-state index in [-0.39, 0.29) is 21.2 Å². The lowest BCUT2D eigenvalue weighted by molar-refractivity contribution is -0.111. The fourth-order valence-corrected chi connectivity index (χ4v) is 5.49. The van der Waals surface area contributed by atoms with Crippen molar-refractivity contribution >= 4 is 37.8 Å². The molecule has 154 valence electrons. The quantitative estimate of drug-likeness (QED) is 0.699. The van der Waals surface area contributed by atoms with Gasteiger partial charge in [0, 0.05) is 18.8 Å². The van der Waals surface area contributed by atoms with Gasteiger partial charge in [0.2, 0.25) is 0 Å². The maximum absolute atomic E-state index is 13.2. The smallest absolute Gasteiger partial charge is 0.257 e. The second kappa shape index (κ2) is 8.33. The van der Waals surface area contributed by atoms with Crippen molar-refractivity contribution in [2.45, 2.75) is 35.8 Å². The van der Waals surface area contributed by atoms with E-state index in [0.29, 0.717) is 37.2 Å². The lowest BCUT2D eigenvalue weighted by Gasteiger charge is -2.20. The number of ether oxygens (including phenoxy) is 1. The van der Waals surface area contributed by atoms with Crippen molar-refractivity contribution in [2.24, 2.45) is 5.92 Å². The van der Waals surface area contributed by atoms with Gasteiger partial charge in [0.15, 0.2) is 20.1 Å². The molecule has 2 aliphatic rings. The Morgan fingerprint density at radius 2 is 1.86 bits per heavy atom. The number of rotatable bonds is 6. The molecule has 4 rings (SSSR count). The molecule has 1 aliphatic heterocycles. The van der Waals surface area contributed by atoms with E-state index in [9.17, 15) is 17.6 Å². The average molecular weight is 437 g/mol. The summed E-state index contributed by atoms with van der Waals surface area (Å²) in [5.41, 5.74) is 1.03. The molecule has 0 spiro atoms. The number of carbonyl (C=O) groups is 1. The highest BCUT2D eigenvalue weighted by Gasteiger charge is 2.36. The van der Waals surface area contributed by atoms with Gasteiger partial charge in [-0.15, -0.1) is 0 Å². The Labute approximate surface area is 172 Å². The molecule has 6 nitrogen and oxygen atoms in total. The van der Waals surface area contributed by atoms with Crippen molar-refractivity contribution in [3.8, 4) is 0 Å². The molecule has 0 atom stereocenters. The summed E-state index contributed by atoms with van der Waals surface area (Å²) in [6.07, 6.45) is 5.96. The highest BCUT2D eigenvalue weighted by Crippen LogP contribution is 2.34. The molecular weight excluding hydrogens is 415 g/mol. The first-order valence-corrected chi connectivity index (χ1v) is 11.9. The van der Waals surface area contributed by atoms with Crippen LogP contribution in [0.2, 0.25) is 0 Å². The van der Waals surface area contributed by atoms with Gasteiger partial charge < -0.3 is 4.74 Å². The molecule has 2 heterocycles. The van der Waals surface area contributed by atoms with Gasteiger partial charge in [-0.3, -0.25) is 10.1 Å². The zero-order valence-corrected chi connectivity index (χ0v) is 17.3. The second-order valence-corrected chi connectivity index (χ2v) is 10.4. The Bertz CT molecular complexity index is 1020. The highest BCUT2D eigenvalue weighted by molar-refractivity contribution is 7.92. The van der Waals surface area contributed by atoms with E-state index in [0.717, 1.165) is 30.4 Å². The largest absolute Gasteiger partial charge is 0.381 e. The minimum Gasteiger partial charge on any atom is -0.381 e. The van der Waals surface area contributed by atoms with Crippen LogP contribution < -0.4 is 5.32 Å². The summed E-state index contributed by atoms with van der Waals surface area (Å²) >= 11 is 0.754. The van der Waals surface area contributed by atoms with Crippen molar-refractivity contribution in [1.82, 2.24) is 4.98 Å². The summed E-state index contributed by atoms with van der Waals surface area (Å²) < 4.78 is 43.4. The summed E-state index contributed by atoms with van der Waals surface area (Å²) in [5.74, 6) is -0.226. The van der Waals surface area contributed by atoms with E-state index < -0.39 is 20.9 Å². The van der Waals surface area contributed by atoms with E-state index in [4.69, 9.17) is 4.74 Å². The lowest BCUT2D eigenvalue weighted by atomic mass is 9.94. The number of hydrogen-bond donors (Lipinski definition) is 1. The third kappa shape index (κ3) is 4.73. The molecule has 1 aliphatic carbocycles. The molecule has 1 aromatic carbocycles. The van der Waals surface area contributed by atoms with Crippen LogP contribution >= 0.6 is 11.3 Å². The number of allylic oxidation sites excluding steroid dienone is 1. The first-order valence-electron chi connectivity index (χ1n) is 9.50. The first kappa shape index (κ1) is 20.2. The number of hydrogen-bond acceptors (Lipinski definition) is 6. The Kier molecular flexibility index (Phi) is 5.80. The monoisotopic (exact) mass is 436 g/mol. The molecule has 1 saturated heterocycles. The molecule has 1 amide bonds. The zero-order chi connectivity index (χ0) is 20.4. The molecule has 29 heavy (non-hydrogen) atoms. The molecule has 1 N–H and O–H groups in total. The van der Waals surface area contributed by atoms with Crippen molar-refractivity contribution in [3.63, 3.8) is 0 Å². The Morgan fingerprint density at radius 1 is 1.17 bits per heavy atom. The molecule has 2 aromatic rings. The van der Waals surface area contributed by atoms with E-state index in [2.05, 4.69) is 10.3 Å². The third-order valence-corrected chi connectivity index (χ3v) is 8.05. The predicted molar refractivity (Wildman–Crippen MR) is 109 cm³/mol. The molecular formula is C20H21FN2O4S2. The van der Waals surface area contributed by atoms with Crippen LogP contribution in [0.1, 0.15) is 31.2 Å². The maximum Gasteiger partial charge on any atom is 0.257 e. The van der Waals surface area contributed by atoms with Crippen molar-refractivity contribution in [3.05, 3.63) is 47.2 Å². The summed E-state index contributed by atoms with van der Waals surface area (Å²) in [6, 6.07) is 6.42. The van der Waals surface area contributed by atoms with E-state index in [1.165, 1.54) is 0 Å². The first-order chi connectivity index (χ1) is 13.9. The van der Waals surface area contributed by atoms with Crippen LogP contribution in [-0.4, -0.2) is 37.8 Å². The van der Waals surface area contributed by atoms with Gasteiger partial charge in [-0.25, -0.2) is 13.4 Å². The van der Waals surface area contributed by atoms with Crippen LogP contribution in [0.5, 0.6) is 0 Å². The normalized spacial score (nSPS) is 18.6. The molecule has 0 radical (unpaired) electrons. The van der Waals surface area contributed by atoms with Gasteiger partial charge >= 0.3 is 0 Å². The van der Waals surface area contributed by atoms with Gasteiger partial charge in [-0.1, -0.05) is 29.5 Å². The van der Waals surface area contributed by atoms with Gasteiger partial charge in [0.25, 0.3) is 5.91 Å². The number of benzene rings is 1. The highest BCUT2D eigenvalue weighted by atomic mass is 32.2. The third-order valence-electron chi connectivity index (χ3n) is 5.07. The van der Waals surface area contributed by atoms with Crippen molar-refractivity contribution in [1.29, 1.82) is 0 Å². The summed E-state index contributed by atoms with van der Waals surface area (Å²) in [6.45, 7) is 1.26. The van der Waals surface area contributed by atoms with Crippen molar-refractivity contribution in [2.75, 3.05) is 18.5 Å². The Morgan fingerprint density at radius 3 is 2.45 bits per heavy atom. The average Bonchev–Trinajstić information content (AvgIpc) is 3.51. The van der Waals surface area contributed by atoms with Gasteiger partial charge in [0.05, 0.1) is 16.3 Å². The van der Waals surface area contributed by atoms with Crippen LogP contribution in [0, 0.1) is 11.0 Å². The van der Waals surface area contributed by atoms with Gasteiger partial charge in [-0.2, -0.15) is 4.39 Å². The number of nitrogens with one attached hydrogen (secondary N) is 1. The number of nitrogens with zero attached hydrogens (tertiary/aromatic N) is 1. The molecule has 1 saturated carbocycles. The Balaban J connectivity index is 1.62.